The number of para-hydroxylation sites is 1. The molecule has 130 valence electrons. The van der Waals surface area contributed by atoms with Gasteiger partial charge in [0.1, 0.15) is 13.2 Å². The lowest BCUT2D eigenvalue weighted by atomic mass is 10.0. The van der Waals surface area contributed by atoms with E-state index in [4.69, 9.17) is 0 Å². The molecule has 1 heterocycles. The number of hydrogen-bond acceptors (Lipinski definition) is 3. The number of piperazine rings is 1. The van der Waals surface area contributed by atoms with Crippen LogP contribution in [0.25, 0.3) is 0 Å². The summed E-state index contributed by atoms with van der Waals surface area (Å²) in [4.78, 5) is 28.0. The number of carbonyl (C=O) groups excluding carboxylic acids is 2. The molecule has 1 fully saturated rings. The minimum absolute atomic E-state index is 0.00870. The van der Waals surface area contributed by atoms with E-state index in [2.05, 4.69) is 0 Å². The SMILES string of the molecule is Cc1ccccc1N1CC(Cc2ccccc2)N(C(=O)CO)CC1=O. The van der Waals surface area contributed by atoms with Crippen LogP contribution in [0.4, 0.5) is 5.69 Å². The third kappa shape index (κ3) is 3.72. The Morgan fingerprint density at radius 3 is 2.48 bits per heavy atom. The van der Waals surface area contributed by atoms with Gasteiger partial charge in [-0.25, -0.2) is 0 Å². The Morgan fingerprint density at radius 1 is 1.12 bits per heavy atom. The van der Waals surface area contributed by atoms with Gasteiger partial charge in [0.25, 0.3) is 0 Å². The Morgan fingerprint density at radius 2 is 1.80 bits per heavy atom. The maximum absolute atomic E-state index is 12.6. The summed E-state index contributed by atoms with van der Waals surface area (Å²) in [6.45, 7) is 1.80. The van der Waals surface area contributed by atoms with Crippen molar-refractivity contribution in [2.24, 2.45) is 0 Å². The highest BCUT2D eigenvalue weighted by Gasteiger charge is 2.35. The third-order valence-electron chi connectivity index (χ3n) is 4.62. The Balaban J connectivity index is 1.89. The number of aliphatic hydroxyl groups is 1. The molecule has 5 nitrogen and oxygen atoms in total. The lowest BCUT2D eigenvalue weighted by Crippen LogP contribution is -2.59. The highest BCUT2D eigenvalue weighted by Crippen LogP contribution is 2.25. The highest BCUT2D eigenvalue weighted by atomic mass is 16.3. The van der Waals surface area contributed by atoms with Crippen molar-refractivity contribution in [3.8, 4) is 0 Å². The second-order valence-electron chi connectivity index (χ2n) is 6.31. The van der Waals surface area contributed by atoms with Crippen LogP contribution in [0.3, 0.4) is 0 Å². The maximum Gasteiger partial charge on any atom is 0.249 e. The number of amides is 2. The molecular weight excluding hydrogens is 316 g/mol. The molecule has 2 aromatic carbocycles. The zero-order valence-electron chi connectivity index (χ0n) is 14.3. The van der Waals surface area contributed by atoms with E-state index >= 15 is 0 Å². The second kappa shape index (κ2) is 7.49. The average Bonchev–Trinajstić information content (AvgIpc) is 2.64. The molecule has 0 aliphatic carbocycles. The number of aliphatic hydroxyl groups excluding tert-OH is 1. The molecule has 2 aromatic rings. The molecule has 5 heteroatoms. The van der Waals surface area contributed by atoms with Crippen LogP contribution in [0.5, 0.6) is 0 Å². The van der Waals surface area contributed by atoms with Crippen molar-refractivity contribution in [3.63, 3.8) is 0 Å². The predicted octanol–water partition coefficient (Wildman–Crippen LogP) is 1.77. The number of hydrogen-bond donors (Lipinski definition) is 1. The topological polar surface area (TPSA) is 60.9 Å². The van der Waals surface area contributed by atoms with Crippen molar-refractivity contribution in [3.05, 3.63) is 65.7 Å². The quantitative estimate of drug-likeness (QED) is 0.924. The van der Waals surface area contributed by atoms with Crippen LogP contribution in [0.2, 0.25) is 0 Å². The van der Waals surface area contributed by atoms with Crippen molar-refractivity contribution >= 4 is 17.5 Å². The van der Waals surface area contributed by atoms with Gasteiger partial charge < -0.3 is 14.9 Å². The molecule has 1 aliphatic rings. The van der Waals surface area contributed by atoms with Crippen LogP contribution in [0, 0.1) is 6.92 Å². The monoisotopic (exact) mass is 338 g/mol. The fourth-order valence-electron chi connectivity index (χ4n) is 3.31. The van der Waals surface area contributed by atoms with Crippen molar-refractivity contribution < 1.29 is 14.7 Å². The smallest absolute Gasteiger partial charge is 0.249 e. The van der Waals surface area contributed by atoms with E-state index < -0.39 is 12.5 Å². The number of benzene rings is 2. The zero-order chi connectivity index (χ0) is 17.8. The van der Waals surface area contributed by atoms with Gasteiger partial charge in [-0.15, -0.1) is 0 Å². The first kappa shape index (κ1) is 17.2. The van der Waals surface area contributed by atoms with E-state index in [1.54, 1.807) is 4.90 Å². The summed E-state index contributed by atoms with van der Waals surface area (Å²) in [5, 5.41) is 9.27. The molecule has 1 saturated heterocycles. The molecule has 2 amide bonds. The fourth-order valence-corrected chi connectivity index (χ4v) is 3.31. The van der Waals surface area contributed by atoms with Gasteiger partial charge in [-0.05, 0) is 30.5 Å². The van der Waals surface area contributed by atoms with E-state index in [1.165, 1.54) is 4.90 Å². The van der Waals surface area contributed by atoms with Crippen molar-refractivity contribution in [2.75, 3.05) is 24.6 Å². The number of nitrogens with zero attached hydrogens (tertiary/aromatic N) is 2. The Bertz CT molecular complexity index is 761. The minimum atomic E-state index is -0.580. The van der Waals surface area contributed by atoms with Crippen molar-refractivity contribution in [1.29, 1.82) is 0 Å². The predicted molar refractivity (Wildman–Crippen MR) is 96.3 cm³/mol. The Hall–Kier alpha value is -2.66. The molecule has 1 aliphatic heterocycles. The fraction of sp³-hybridized carbons (Fsp3) is 0.300. The van der Waals surface area contributed by atoms with E-state index in [1.807, 2.05) is 61.5 Å². The van der Waals surface area contributed by atoms with Gasteiger partial charge in [0.15, 0.2) is 0 Å². The van der Waals surface area contributed by atoms with Gasteiger partial charge in [0.2, 0.25) is 11.8 Å². The zero-order valence-corrected chi connectivity index (χ0v) is 14.3. The van der Waals surface area contributed by atoms with Crippen LogP contribution >= 0.6 is 0 Å². The van der Waals surface area contributed by atoms with E-state index in [0.29, 0.717) is 13.0 Å². The molecule has 3 rings (SSSR count). The van der Waals surface area contributed by atoms with Gasteiger partial charge in [0, 0.05) is 12.2 Å². The minimum Gasteiger partial charge on any atom is -0.387 e. The normalized spacial score (nSPS) is 17.7. The van der Waals surface area contributed by atoms with Crippen LogP contribution in [0.1, 0.15) is 11.1 Å². The molecule has 0 spiro atoms. The number of anilines is 1. The highest BCUT2D eigenvalue weighted by molar-refractivity contribution is 5.98. The lowest BCUT2D eigenvalue weighted by molar-refractivity contribution is -0.142. The molecule has 25 heavy (non-hydrogen) atoms. The number of carbonyl (C=O) groups is 2. The van der Waals surface area contributed by atoms with Crippen molar-refractivity contribution in [2.45, 2.75) is 19.4 Å². The standard InChI is InChI=1S/C20H22N2O3/c1-15-7-5-6-10-18(15)22-12-17(11-16-8-3-2-4-9-16)21(13-19(22)24)20(25)14-23/h2-10,17,23H,11-14H2,1H3. The maximum atomic E-state index is 12.6. The van der Waals surface area contributed by atoms with Crippen LogP contribution in [0.15, 0.2) is 54.6 Å². The number of aryl methyl sites for hydroxylation is 1. The Labute approximate surface area is 147 Å². The van der Waals surface area contributed by atoms with E-state index in [9.17, 15) is 14.7 Å². The van der Waals surface area contributed by atoms with Crippen molar-refractivity contribution in [1.82, 2.24) is 4.90 Å². The Kier molecular flexibility index (Phi) is 5.14. The van der Waals surface area contributed by atoms with E-state index in [0.717, 1.165) is 16.8 Å². The average molecular weight is 338 g/mol. The van der Waals surface area contributed by atoms with Crippen LogP contribution in [-0.4, -0.2) is 47.6 Å². The van der Waals surface area contributed by atoms with Gasteiger partial charge in [-0.1, -0.05) is 48.5 Å². The van der Waals surface area contributed by atoms with E-state index in [-0.39, 0.29) is 18.5 Å². The van der Waals surface area contributed by atoms with Gasteiger partial charge in [-0.2, -0.15) is 0 Å². The first-order valence-electron chi connectivity index (χ1n) is 8.40. The summed E-state index contributed by atoms with van der Waals surface area (Å²) < 4.78 is 0. The van der Waals surface area contributed by atoms with Crippen LogP contribution < -0.4 is 4.90 Å². The summed E-state index contributed by atoms with van der Waals surface area (Å²) in [7, 11) is 0. The molecule has 1 atom stereocenters. The molecule has 1 unspecified atom stereocenters. The second-order valence-corrected chi connectivity index (χ2v) is 6.31. The van der Waals surface area contributed by atoms with Gasteiger partial charge in [0.05, 0.1) is 6.04 Å². The molecule has 1 N–H and O–H groups in total. The molecule has 0 radical (unpaired) electrons. The molecule has 0 bridgehead atoms. The third-order valence-corrected chi connectivity index (χ3v) is 4.62. The molecular formula is C20H22N2O3. The molecule has 0 saturated carbocycles. The summed E-state index contributed by atoms with van der Waals surface area (Å²) in [5.74, 6) is -0.529. The van der Waals surface area contributed by atoms with Gasteiger partial charge >= 0.3 is 0 Å². The summed E-state index contributed by atoms with van der Waals surface area (Å²) in [6.07, 6.45) is 0.641. The first-order valence-corrected chi connectivity index (χ1v) is 8.40. The first-order chi connectivity index (χ1) is 12.1. The van der Waals surface area contributed by atoms with Gasteiger partial charge in [-0.3, -0.25) is 9.59 Å². The number of rotatable bonds is 4. The van der Waals surface area contributed by atoms with Crippen LogP contribution in [-0.2, 0) is 16.0 Å². The largest absolute Gasteiger partial charge is 0.387 e. The lowest BCUT2D eigenvalue weighted by Gasteiger charge is -2.41. The summed E-state index contributed by atoms with van der Waals surface area (Å²) in [5.41, 5.74) is 3.00. The summed E-state index contributed by atoms with van der Waals surface area (Å²) in [6, 6.07) is 17.5. The summed E-state index contributed by atoms with van der Waals surface area (Å²) >= 11 is 0. The molecule has 0 aromatic heterocycles.